The van der Waals surface area contributed by atoms with Crippen LogP contribution >= 0.6 is 11.8 Å². The van der Waals surface area contributed by atoms with Crippen LogP contribution < -0.4 is 19.5 Å². The molecule has 2 fully saturated rings. The van der Waals surface area contributed by atoms with Gasteiger partial charge in [0, 0.05) is 59.0 Å². The first-order chi connectivity index (χ1) is 64.7. The van der Waals surface area contributed by atoms with Crippen molar-refractivity contribution in [2.45, 2.75) is 404 Å². The van der Waals surface area contributed by atoms with E-state index in [0.29, 0.717) is 6.79 Å². The zero-order valence-corrected chi connectivity index (χ0v) is 92.9. The lowest BCUT2D eigenvalue weighted by Crippen LogP contribution is -2.12. The third-order valence-corrected chi connectivity index (χ3v) is 19.0. The second-order valence-electron chi connectivity index (χ2n) is 23.8. The molecule has 2 saturated carbocycles. The Bertz CT molecular complexity index is 3140. The maximum Gasteiger partial charge on any atom is 0.231 e. The number of H-pyrrole nitrogens is 2. The minimum atomic E-state index is 0.360. The number of fused-ring (bicyclic) bond motifs is 10. The van der Waals surface area contributed by atoms with Crippen LogP contribution in [0.5, 0.6) is 17.2 Å². The highest BCUT2D eigenvalue weighted by Gasteiger charge is 2.29. The monoisotopic (exact) mass is 1810 g/mol. The van der Waals surface area contributed by atoms with Crippen molar-refractivity contribution in [2.24, 2.45) is 11.8 Å². The molecule has 5 aliphatic carbocycles. The van der Waals surface area contributed by atoms with Gasteiger partial charge in [0.05, 0.1) is 35.7 Å². The second kappa shape index (κ2) is 116. The van der Waals surface area contributed by atoms with Crippen molar-refractivity contribution < 1.29 is 14.2 Å². The minimum absolute atomic E-state index is 0.360. The van der Waals surface area contributed by atoms with Crippen LogP contribution in [-0.2, 0) is 57.8 Å². The summed E-state index contributed by atoms with van der Waals surface area (Å²) >= 11 is 1.97. The molecule has 0 radical (unpaired) electrons. The third-order valence-electron chi connectivity index (χ3n) is 17.9. The number of aryl methyl sites for hydroxylation is 7. The van der Waals surface area contributed by atoms with E-state index in [4.69, 9.17) is 14.2 Å². The average molecular weight is 1820 g/mol. The number of anilines is 1. The molecule has 11 aromatic rings. The van der Waals surface area contributed by atoms with Crippen LogP contribution in [0.3, 0.4) is 0 Å². The number of nitrogens with one attached hydrogen (secondary N) is 3. The molecule has 742 valence electrons. The number of imidazole rings is 1. The van der Waals surface area contributed by atoms with Crippen LogP contribution in [0, 0.1) is 11.8 Å². The van der Waals surface area contributed by atoms with Crippen molar-refractivity contribution in [3.63, 3.8) is 0 Å². The van der Waals surface area contributed by atoms with E-state index in [9.17, 15) is 0 Å². The van der Waals surface area contributed by atoms with Crippen molar-refractivity contribution in [1.82, 2.24) is 30.1 Å². The third kappa shape index (κ3) is 64.2. The van der Waals surface area contributed by atoms with Gasteiger partial charge in [-0.2, -0.15) is 5.10 Å². The molecule has 2 atom stereocenters. The number of aromatic amines is 2. The van der Waals surface area contributed by atoms with Gasteiger partial charge in [-0.1, -0.05) is 449 Å². The Morgan fingerprint density at radius 1 is 0.300 bits per heavy atom. The molecule has 0 amide bonds. The molecule has 20 rings (SSSR count). The standard InChI is InChI=1S/C9H16.C9H10.3C8H9N.C8H8O.C8H8S.2C7H6N2.C7H6O2.20C2H6/c2*1-2-5-9-7-3-6-8(9)4-1;1-3-7-4-2-6-9-8(7)5-1;1-2-7-4-5-9-6-8(7)3-1;3*1-2-4-8-7(3-1)5-6-9-8;1-2-4-7-6(3-1)8-5-9-7;1-2-4-7-6(3-1)5-8-9-7;1-2-4-7-6(3-1)8-5-9-7;20*1-2/h8-9H,1-7H2;1-2,4-5H,3,6-7H2;2,4,6H,1,3,5H2;4-6H,1-3H2;1-4,9H,5-6H2;2*1-4H,5-6H2;2*1-5H,(H,8,9);1-4H,5H2;20*1-2H3. The first kappa shape index (κ1) is 142. The van der Waals surface area contributed by atoms with Gasteiger partial charge in [0.25, 0.3) is 0 Å². The first-order valence-electron chi connectivity index (χ1n) is 52.9. The predicted molar refractivity (Wildman–Crippen MR) is 597 cm³/mol. The molecule has 8 heterocycles. The highest BCUT2D eigenvalue weighted by atomic mass is 32.2. The number of pyridine rings is 2. The number of para-hydroxylation sites is 7. The Morgan fingerprint density at radius 2 is 0.715 bits per heavy atom. The molecule has 4 aliphatic heterocycles. The van der Waals surface area contributed by atoms with Gasteiger partial charge >= 0.3 is 0 Å². The fourth-order valence-corrected chi connectivity index (χ4v) is 14.1. The van der Waals surface area contributed by atoms with E-state index >= 15 is 0 Å². The number of hydrogen-bond acceptors (Lipinski definition) is 9. The Labute approximate surface area is 811 Å². The number of ether oxygens (including phenoxy) is 3. The molecule has 2 unspecified atom stereocenters. The van der Waals surface area contributed by atoms with Gasteiger partial charge in [-0.3, -0.25) is 15.1 Å². The molecule has 9 aliphatic rings. The summed E-state index contributed by atoms with van der Waals surface area (Å²) in [7, 11) is 0. The van der Waals surface area contributed by atoms with Gasteiger partial charge in [-0.15, -0.1) is 11.8 Å². The highest BCUT2D eigenvalue weighted by Crippen LogP contribution is 2.42. The highest BCUT2D eigenvalue weighted by molar-refractivity contribution is 7.99. The van der Waals surface area contributed by atoms with E-state index in [2.05, 4.69) is 126 Å². The van der Waals surface area contributed by atoms with Crippen LogP contribution in [0.4, 0.5) is 5.69 Å². The average Bonchev–Trinajstić information content (AvgIpc) is 1.85. The number of benzene rings is 7. The van der Waals surface area contributed by atoms with Crippen molar-refractivity contribution in [3.8, 4) is 17.2 Å². The number of aromatic nitrogens is 6. The fourth-order valence-electron chi connectivity index (χ4n) is 13.1. The lowest BCUT2D eigenvalue weighted by atomic mass is 9.82. The summed E-state index contributed by atoms with van der Waals surface area (Å²) in [5, 5.41) is 11.2. The van der Waals surface area contributed by atoms with E-state index in [0.717, 1.165) is 58.8 Å². The van der Waals surface area contributed by atoms with E-state index < -0.39 is 0 Å². The molecule has 0 bridgehead atoms. The summed E-state index contributed by atoms with van der Waals surface area (Å²) in [4.78, 5) is 16.9. The molecular formula is C119H207N7O3S. The SMILES string of the molecule is C1CCC2CCCC2C1.CC.CC.CC.CC.CC.CC.CC.CC.CC.CC.CC.CC.CC.CC.CC.CC.CC.CC.CC.CC.c1cc2c(cn1)CCC2.c1ccc2[nH]cnc2c1.c1ccc2[nH]ncc2c1.c1ccc2c(c1)CCC2.c1ccc2c(c1)CCN2.c1ccc2c(c1)CCO2.c1ccc2c(c1)CCS2.c1ccc2c(c1)OCO2.c1cnc2c(c1)CCC2. The summed E-state index contributed by atoms with van der Waals surface area (Å²) in [6.07, 6.45) is 35.1. The lowest BCUT2D eigenvalue weighted by molar-refractivity contribution is 0.174. The zero-order chi connectivity index (χ0) is 101. The Hall–Kier alpha value is -8.67. The fraction of sp³-hybridized carbons (Fsp3) is 0.546. The summed E-state index contributed by atoms with van der Waals surface area (Å²) in [6.45, 7) is 82.3. The smallest absolute Gasteiger partial charge is 0.231 e. The summed E-state index contributed by atoms with van der Waals surface area (Å²) in [5.41, 5.74) is 17.7. The van der Waals surface area contributed by atoms with E-state index in [1.807, 2.05) is 411 Å². The number of thioether (sulfide) groups is 1. The number of rotatable bonds is 0. The van der Waals surface area contributed by atoms with Gasteiger partial charge in [0.15, 0.2) is 11.5 Å². The topological polar surface area (TPSA) is 123 Å². The van der Waals surface area contributed by atoms with Crippen LogP contribution in [0.1, 0.15) is 391 Å². The van der Waals surface area contributed by atoms with Crippen LogP contribution in [0.2, 0.25) is 0 Å². The van der Waals surface area contributed by atoms with E-state index in [-0.39, 0.29) is 0 Å². The Balaban J connectivity index is -0.000000147. The molecule has 3 N–H and O–H groups in total. The maximum absolute atomic E-state index is 5.30. The van der Waals surface area contributed by atoms with E-state index in [1.54, 1.807) is 43.1 Å². The minimum Gasteiger partial charge on any atom is -0.493 e. The second-order valence-corrected chi connectivity index (χ2v) is 24.9. The molecular weight excluding hydrogens is 1610 g/mol. The van der Waals surface area contributed by atoms with Gasteiger partial charge in [-0.05, 0) is 188 Å². The quantitative estimate of drug-likeness (QED) is 0.136. The molecule has 0 saturated heterocycles. The van der Waals surface area contributed by atoms with Crippen molar-refractivity contribution in [2.75, 3.05) is 31.0 Å². The van der Waals surface area contributed by atoms with Crippen molar-refractivity contribution in [1.29, 1.82) is 0 Å². The molecule has 7 aromatic carbocycles. The van der Waals surface area contributed by atoms with E-state index in [1.165, 1.54) is 157 Å². The molecule has 10 nitrogen and oxygen atoms in total. The van der Waals surface area contributed by atoms with Gasteiger partial charge in [0.1, 0.15) is 5.75 Å². The number of nitrogens with zero attached hydrogens (tertiary/aromatic N) is 4. The summed E-state index contributed by atoms with van der Waals surface area (Å²) in [6, 6.07) is 63.9. The Morgan fingerprint density at radius 3 is 1.21 bits per heavy atom. The van der Waals surface area contributed by atoms with Gasteiger partial charge in [-0.25, -0.2) is 4.98 Å². The van der Waals surface area contributed by atoms with Crippen LogP contribution in [0.25, 0.3) is 21.9 Å². The maximum atomic E-state index is 5.30. The van der Waals surface area contributed by atoms with Crippen molar-refractivity contribution >= 4 is 39.4 Å². The van der Waals surface area contributed by atoms with Gasteiger partial charge in [0.2, 0.25) is 6.79 Å². The first-order valence-corrected chi connectivity index (χ1v) is 53.9. The van der Waals surface area contributed by atoms with Crippen LogP contribution in [-0.4, -0.2) is 55.8 Å². The normalized spacial score (nSPS) is 12.6. The molecule has 0 spiro atoms. The van der Waals surface area contributed by atoms with Gasteiger partial charge < -0.3 is 24.5 Å². The largest absolute Gasteiger partial charge is 0.493 e. The number of hydrogen-bond donors (Lipinski definition) is 3. The van der Waals surface area contributed by atoms with Crippen molar-refractivity contribution in [3.05, 3.63) is 269 Å². The lowest BCUT2D eigenvalue weighted by Gasteiger charge is -2.24. The predicted octanol–water partition coefficient (Wildman–Crippen LogP) is 39.0. The Kier molecular flexibility index (Phi) is 127. The molecule has 4 aromatic heterocycles. The zero-order valence-electron chi connectivity index (χ0n) is 92.1. The van der Waals surface area contributed by atoms with Crippen LogP contribution in [0.15, 0.2) is 224 Å². The summed E-state index contributed by atoms with van der Waals surface area (Å²) in [5.74, 6) is 6.37. The molecule has 11 heteroatoms. The molecule has 130 heavy (non-hydrogen) atoms. The summed E-state index contributed by atoms with van der Waals surface area (Å²) < 4.78 is 15.5.